The van der Waals surface area contributed by atoms with Crippen LogP contribution in [0.15, 0.2) is 48.5 Å². The molecule has 1 heterocycles. The molecule has 6 heteroatoms. The highest BCUT2D eigenvalue weighted by Crippen LogP contribution is 2.33. The van der Waals surface area contributed by atoms with E-state index in [1.807, 2.05) is 43.3 Å². The van der Waals surface area contributed by atoms with Crippen LogP contribution in [0.1, 0.15) is 32.0 Å². The van der Waals surface area contributed by atoms with Crippen molar-refractivity contribution < 1.29 is 23.8 Å². The van der Waals surface area contributed by atoms with Crippen LogP contribution in [0.2, 0.25) is 0 Å². The van der Waals surface area contributed by atoms with E-state index < -0.39 is 11.9 Å². The van der Waals surface area contributed by atoms with Crippen molar-refractivity contribution in [1.29, 1.82) is 0 Å². The summed E-state index contributed by atoms with van der Waals surface area (Å²) in [5.41, 5.74) is 1.93. The number of esters is 2. The molecule has 148 valence electrons. The van der Waals surface area contributed by atoms with Crippen molar-refractivity contribution in [3.63, 3.8) is 0 Å². The summed E-state index contributed by atoms with van der Waals surface area (Å²) in [5.74, 6) is 0.429. The Morgan fingerprint density at radius 2 is 1.62 bits per heavy atom. The van der Waals surface area contributed by atoms with Gasteiger partial charge in [-0.1, -0.05) is 30.3 Å². The highest BCUT2D eigenvalue weighted by molar-refractivity contribution is 5.88. The maximum Gasteiger partial charge on any atom is 0.308 e. The zero-order valence-corrected chi connectivity index (χ0v) is 16.5. The number of aromatic nitrogens is 1. The molecule has 1 aromatic heterocycles. The number of pyridine rings is 1. The van der Waals surface area contributed by atoms with Crippen LogP contribution >= 0.6 is 0 Å². The summed E-state index contributed by atoms with van der Waals surface area (Å²) in [7, 11) is 0. The molecule has 3 aromatic rings. The minimum absolute atomic E-state index is 0.361. The molecule has 0 saturated carbocycles. The van der Waals surface area contributed by atoms with Crippen LogP contribution in [0.5, 0.6) is 17.2 Å². The van der Waals surface area contributed by atoms with Crippen molar-refractivity contribution in [2.45, 2.75) is 20.8 Å². The fourth-order valence-corrected chi connectivity index (χ4v) is 2.83. The zero-order valence-electron chi connectivity index (χ0n) is 16.5. The second kappa shape index (κ2) is 9.01. The summed E-state index contributed by atoms with van der Waals surface area (Å²) in [6.07, 6.45) is 3.59. The molecule has 29 heavy (non-hydrogen) atoms. The maximum atomic E-state index is 11.5. The number of carbonyl (C=O) groups excluding carboxylic acids is 2. The van der Waals surface area contributed by atoms with Crippen molar-refractivity contribution >= 4 is 35.0 Å². The molecule has 0 aliphatic rings. The van der Waals surface area contributed by atoms with Gasteiger partial charge in [-0.25, -0.2) is 4.98 Å². The summed E-state index contributed by atoms with van der Waals surface area (Å²) in [4.78, 5) is 27.4. The summed E-state index contributed by atoms with van der Waals surface area (Å²) in [6, 6.07) is 14.6. The van der Waals surface area contributed by atoms with E-state index in [-0.39, 0.29) is 0 Å². The van der Waals surface area contributed by atoms with Crippen molar-refractivity contribution in [3.05, 3.63) is 59.8 Å². The van der Waals surface area contributed by atoms with E-state index in [2.05, 4.69) is 4.98 Å². The van der Waals surface area contributed by atoms with E-state index in [4.69, 9.17) is 14.2 Å². The number of para-hydroxylation sites is 2. The Kier molecular flexibility index (Phi) is 6.24. The van der Waals surface area contributed by atoms with Gasteiger partial charge in [-0.15, -0.1) is 0 Å². The van der Waals surface area contributed by atoms with Gasteiger partial charge in [0.1, 0.15) is 5.52 Å². The molecule has 0 saturated heterocycles. The van der Waals surface area contributed by atoms with Gasteiger partial charge in [0.15, 0.2) is 17.2 Å². The topological polar surface area (TPSA) is 74.7 Å². The first kappa shape index (κ1) is 20.1. The average Bonchev–Trinajstić information content (AvgIpc) is 2.68. The third-order valence-electron chi connectivity index (χ3n) is 3.95. The van der Waals surface area contributed by atoms with Crippen molar-refractivity contribution in [3.8, 4) is 17.2 Å². The van der Waals surface area contributed by atoms with Crippen LogP contribution in [-0.2, 0) is 9.59 Å². The van der Waals surface area contributed by atoms with Crippen molar-refractivity contribution in [2.24, 2.45) is 0 Å². The highest BCUT2D eigenvalue weighted by Gasteiger charge is 2.12. The first-order valence-electron chi connectivity index (χ1n) is 9.18. The quantitative estimate of drug-likeness (QED) is 0.450. The van der Waals surface area contributed by atoms with E-state index in [9.17, 15) is 9.59 Å². The van der Waals surface area contributed by atoms with Gasteiger partial charge in [0.2, 0.25) is 0 Å². The number of fused-ring (bicyclic) bond motifs is 1. The molecule has 0 aliphatic carbocycles. The molecule has 3 rings (SSSR count). The molecule has 0 bridgehead atoms. The number of hydrogen-bond donors (Lipinski definition) is 0. The molecular formula is C23H21NO5. The number of rotatable bonds is 6. The number of benzene rings is 2. The minimum atomic E-state index is -0.429. The van der Waals surface area contributed by atoms with Gasteiger partial charge in [-0.2, -0.15) is 0 Å². The predicted octanol–water partition coefficient (Wildman–Crippen LogP) is 4.65. The fraction of sp³-hybridized carbons (Fsp3) is 0.174. The Labute approximate surface area is 168 Å². The van der Waals surface area contributed by atoms with E-state index in [1.54, 1.807) is 24.3 Å². The average molecular weight is 391 g/mol. The molecule has 0 amide bonds. The summed E-state index contributed by atoms with van der Waals surface area (Å²) >= 11 is 0. The third-order valence-corrected chi connectivity index (χ3v) is 3.95. The van der Waals surface area contributed by atoms with E-state index >= 15 is 0 Å². The Hall–Kier alpha value is -3.67. The van der Waals surface area contributed by atoms with Gasteiger partial charge in [0.25, 0.3) is 0 Å². The van der Waals surface area contributed by atoms with Gasteiger partial charge >= 0.3 is 11.9 Å². The van der Waals surface area contributed by atoms with Crippen molar-refractivity contribution in [2.75, 3.05) is 6.61 Å². The molecule has 0 radical (unpaired) electrons. The molecule has 0 unspecified atom stereocenters. The predicted molar refractivity (Wildman–Crippen MR) is 111 cm³/mol. The van der Waals surface area contributed by atoms with Crippen LogP contribution in [0.25, 0.3) is 23.1 Å². The number of ether oxygens (including phenoxy) is 3. The molecule has 2 aromatic carbocycles. The lowest BCUT2D eigenvalue weighted by atomic mass is 10.1. The van der Waals surface area contributed by atoms with Crippen LogP contribution in [0, 0.1) is 0 Å². The first-order chi connectivity index (χ1) is 14.0. The Bertz CT molecular complexity index is 1090. The number of hydrogen-bond acceptors (Lipinski definition) is 6. The molecule has 0 N–H and O–H groups in total. The second-order valence-electron chi connectivity index (χ2n) is 6.19. The normalized spacial score (nSPS) is 10.9. The zero-order chi connectivity index (χ0) is 20.8. The standard InChI is InChI=1S/C23H21NO5/c1-4-27-21-10-6-8-18(23(21)29-16(3)26)12-14-19-13-11-17-7-5-9-20(22(17)24-19)28-15(2)25/h5-14H,4H2,1-3H3/b14-12+. The fourth-order valence-electron chi connectivity index (χ4n) is 2.83. The second-order valence-corrected chi connectivity index (χ2v) is 6.19. The SMILES string of the molecule is CCOc1cccc(/C=C/c2ccc3cccc(OC(C)=O)c3n2)c1OC(C)=O. The summed E-state index contributed by atoms with van der Waals surface area (Å²) in [5, 5.41) is 0.861. The summed E-state index contributed by atoms with van der Waals surface area (Å²) in [6.45, 7) is 5.01. The van der Waals surface area contributed by atoms with Gasteiger partial charge < -0.3 is 14.2 Å². The number of nitrogens with zero attached hydrogens (tertiary/aromatic N) is 1. The van der Waals surface area contributed by atoms with Crippen LogP contribution < -0.4 is 14.2 Å². The third kappa shape index (κ3) is 4.99. The summed E-state index contributed by atoms with van der Waals surface area (Å²) < 4.78 is 16.2. The lowest BCUT2D eigenvalue weighted by molar-refractivity contribution is -0.132. The smallest absolute Gasteiger partial charge is 0.308 e. The largest absolute Gasteiger partial charge is 0.490 e. The van der Waals surface area contributed by atoms with Crippen LogP contribution in [0.3, 0.4) is 0 Å². The molecule has 0 spiro atoms. The van der Waals surface area contributed by atoms with Gasteiger partial charge in [-0.3, -0.25) is 9.59 Å². The molecular weight excluding hydrogens is 370 g/mol. The monoisotopic (exact) mass is 391 g/mol. The van der Waals surface area contributed by atoms with Crippen molar-refractivity contribution in [1.82, 2.24) is 4.98 Å². The maximum absolute atomic E-state index is 11.5. The molecule has 0 atom stereocenters. The Morgan fingerprint density at radius 3 is 2.34 bits per heavy atom. The molecule has 0 fully saturated rings. The molecule has 6 nitrogen and oxygen atoms in total. The van der Waals surface area contributed by atoms with E-state index in [1.165, 1.54) is 13.8 Å². The lowest BCUT2D eigenvalue weighted by Crippen LogP contribution is -2.05. The van der Waals surface area contributed by atoms with Gasteiger partial charge in [0.05, 0.1) is 12.3 Å². The number of carbonyl (C=O) groups is 2. The van der Waals surface area contributed by atoms with Crippen LogP contribution in [0.4, 0.5) is 0 Å². The first-order valence-corrected chi connectivity index (χ1v) is 9.18. The molecule has 0 aliphatic heterocycles. The van der Waals surface area contributed by atoms with E-state index in [0.29, 0.717) is 40.6 Å². The Morgan fingerprint density at radius 1 is 0.897 bits per heavy atom. The highest BCUT2D eigenvalue weighted by atomic mass is 16.6. The van der Waals surface area contributed by atoms with Crippen LogP contribution in [-0.4, -0.2) is 23.5 Å². The lowest BCUT2D eigenvalue weighted by Gasteiger charge is -2.12. The van der Waals surface area contributed by atoms with E-state index in [0.717, 1.165) is 5.39 Å². The Balaban J connectivity index is 1.99. The van der Waals surface area contributed by atoms with Gasteiger partial charge in [0, 0.05) is 24.8 Å². The van der Waals surface area contributed by atoms with Gasteiger partial charge in [-0.05, 0) is 37.3 Å². The minimum Gasteiger partial charge on any atom is -0.490 e.